The number of pyridine rings is 1. The van der Waals surface area contributed by atoms with E-state index in [1.807, 2.05) is 6.07 Å². The lowest BCUT2D eigenvalue weighted by molar-refractivity contribution is 0.199. The van der Waals surface area contributed by atoms with Crippen molar-refractivity contribution in [2.24, 2.45) is 0 Å². The fraction of sp³-hybridized carbons (Fsp3) is 0.615. The summed E-state index contributed by atoms with van der Waals surface area (Å²) in [4.78, 5) is 9.34. The van der Waals surface area contributed by atoms with Crippen LogP contribution in [0.4, 0.5) is 11.5 Å². The maximum absolute atomic E-state index is 5.74. The van der Waals surface area contributed by atoms with Gasteiger partial charge in [-0.05, 0) is 32.0 Å². The highest BCUT2D eigenvalue weighted by atomic mass is 15.3. The number of aromatic nitrogens is 1. The van der Waals surface area contributed by atoms with Crippen LogP contribution in [0.5, 0.6) is 0 Å². The van der Waals surface area contributed by atoms with Crippen LogP contribution in [0.25, 0.3) is 0 Å². The van der Waals surface area contributed by atoms with E-state index < -0.39 is 0 Å². The lowest BCUT2D eigenvalue weighted by atomic mass is 10.1. The third-order valence-electron chi connectivity index (χ3n) is 3.54. The molecule has 4 heteroatoms. The number of nitrogens with two attached hydrogens (primary N) is 1. The van der Waals surface area contributed by atoms with Gasteiger partial charge in [0.2, 0.25) is 0 Å². The predicted molar refractivity (Wildman–Crippen MR) is 72.3 cm³/mol. The molecule has 1 aromatic heterocycles. The molecule has 1 aliphatic rings. The number of anilines is 2. The summed E-state index contributed by atoms with van der Waals surface area (Å²) in [5.41, 5.74) is 7.65. The summed E-state index contributed by atoms with van der Waals surface area (Å²) in [5, 5.41) is 0. The number of piperazine rings is 1. The van der Waals surface area contributed by atoms with E-state index in [1.54, 1.807) is 6.20 Å². The first-order valence-corrected chi connectivity index (χ1v) is 6.33. The van der Waals surface area contributed by atoms with E-state index in [0.29, 0.717) is 6.04 Å². The first-order chi connectivity index (χ1) is 8.11. The van der Waals surface area contributed by atoms with Gasteiger partial charge < -0.3 is 10.6 Å². The van der Waals surface area contributed by atoms with Crippen LogP contribution in [-0.2, 0) is 0 Å². The minimum Gasteiger partial charge on any atom is -0.397 e. The molecule has 0 amide bonds. The Kier molecular flexibility index (Phi) is 3.52. The van der Waals surface area contributed by atoms with Gasteiger partial charge in [0.1, 0.15) is 5.82 Å². The monoisotopic (exact) mass is 234 g/mol. The molecule has 1 unspecified atom stereocenters. The molecule has 94 valence electrons. The Labute approximate surface area is 103 Å². The number of aryl methyl sites for hydroxylation is 1. The molecule has 0 radical (unpaired) electrons. The zero-order chi connectivity index (χ0) is 12.4. The van der Waals surface area contributed by atoms with E-state index in [1.165, 1.54) is 5.56 Å². The number of nitrogen functional groups attached to an aromatic ring is 1. The minimum atomic E-state index is 0.590. The van der Waals surface area contributed by atoms with Crippen molar-refractivity contribution in [2.45, 2.75) is 26.8 Å². The second kappa shape index (κ2) is 4.92. The van der Waals surface area contributed by atoms with Crippen molar-refractivity contribution in [3.8, 4) is 0 Å². The highest BCUT2D eigenvalue weighted by Crippen LogP contribution is 2.21. The molecule has 1 fully saturated rings. The molecule has 1 aromatic rings. The predicted octanol–water partition coefficient (Wildman–Crippen LogP) is 1.50. The van der Waals surface area contributed by atoms with E-state index in [9.17, 15) is 0 Å². The highest BCUT2D eigenvalue weighted by molar-refractivity contribution is 5.53. The molecular formula is C13H22N4. The average molecular weight is 234 g/mol. The van der Waals surface area contributed by atoms with E-state index in [2.05, 4.69) is 35.6 Å². The quantitative estimate of drug-likeness (QED) is 0.842. The van der Waals surface area contributed by atoms with Crippen molar-refractivity contribution in [3.05, 3.63) is 17.8 Å². The Morgan fingerprint density at radius 2 is 2.24 bits per heavy atom. The Bertz CT molecular complexity index is 391. The van der Waals surface area contributed by atoms with Gasteiger partial charge in [0.25, 0.3) is 0 Å². The maximum Gasteiger partial charge on any atom is 0.131 e. The number of hydrogen-bond donors (Lipinski definition) is 1. The molecule has 1 aliphatic heterocycles. The summed E-state index contributed by atoms with van der Waals surface area (Å²) in [5.74, 6) is 1.09. The lowest BCUT2D eigenvalue weighted by Gasteiger charge is -2.40. The Hall–Kier alpha value is -1.29. The van der Waals surface area contributed by atoms with Crippen LogP contribution in [0.3, 0.4) is 0 Å². The van der Waals surface area contributed by atoms with E-state index in [-0.39, 0.29) is 0 Å². The molecule has 17 heavy (non-hydrogen) atoms. The number of rotatable bonds is 2. The Morgan fingerprint density at radius 3 is 2.82 bits per heavy atom. The van der Waals surface area contributed by atoms with Crippen molar-refractivity contribution < 1.29 is 0 Å². The topological polar surface area (TPSA) is 45.4 Å². The molecule has 2 rings (SSSR count). The van der Waals surface area contributed by atoms with Gasteiger partial charge in [0.15, 0.2) is 0 Å². The molecule has 4 nitrogen and oxygen atoms in total. The summed E-state index contributed by atoms with van der Waals surface area (Å²) in [6.07, 6.45) is 1.75. The average Bonchev–Trinajstić information content (AvgIpc) is 2.29. The Balaban J connectivity index is 2.14. The summed E-state index contributed by atoms with van der Waals surface area (Å²) in [6, 6.07) is 2.59. The zero-order valence-corrected chi connectivity index (χ0v) is 11.0. The molecule has 0 saturated carbocycles. The maximum atomic E-state index is 5.74. The van der Waals surface area contributed by atoms with Gasteiger partial charge in [-0.25, -0.2) is 4.98 Å². The standard InChI is InChI=1S/C13H22N4/c1-4-16-5-6-17(9-11(16)3)13-10(2)7-12(14)8-15-13/h7-8,11H,4-6,9,14H2,1-3H3. The van der Waals surface area contributed by atoms with Crippen molar-refractivity contribution >= 4 is 11.5 Å². The Morgan fingerprint density at radius 1 is 1.47 bits per heavy atom. The van der Waals surface area contributed by atoms with Crippen LogP contribution in [0.15, 0.2) is 12.3 Å². The number of hydrogen-bond acceptors (Lipinski definition) is 4. The molecule has 0 aliphatic carbocycles. The minimum absolute atomic E-state index is 0.590. The van der Waals surface area contributed by atoms with Crippen LogP contribution in [-0.4, -0.2) is 42.1 Å². The summed E-state index contributed by atoms with van der Waals surface area (Å²) >= 11 is 0. The molecule has 2 N–H and O–H groups in total. The molecule has 0 aromatic carbocycles. The fourth-order valence-corrected chi connectivity index (χ4v) is 2.58. The number of likely N-dealkylation sites (N-methyl/N-ethyl adjacent to an activating group) is 1. The summed E-state index contributed by atoms with van der Waals surface area (Å²) in [7, 11) is 0. The number of nitrogens with zero attached hydrogens (tertiary/aromatic N) is 3. The van der Waals surface area contributed by atoms with Crippen molar-refractivity contribution in [1.29, 1.82) is 0 Å². The second-order valence-corrected chi connectivity index (χ2v) is 4.83. The first kappa shape index (κ1) is 12.2. The zero-order valence-electron chi connectivity index (χ0n) is 11.0. The molecular weight excluding hydrogens is 212 g/mol. The van der Waals surface area contributed by atoms with Gasteiger partial charge in [0, 0.05) is 25.7 Å². The van der Waals surface area contributed by atoms with Crippen LogP contribution in [0.1, 0.15) is 19.4 Å². The molecule has 0 spiro atoms. The molecule has 1 atom stereocenters. The van der Waals surface area contributed by atoms with E-state index in [0.717, 1.165) is 37.7 Å². The normalized spacial score (nSPS) is 21.8. The van der Waals surface area contributed by atoms with Gasteiger partial charge in [0.05, 0.1) is 11.9 Å². The SMILES string of the molecule is CCN1CCN(c2ncc(N)cc2C)CC1C. The first-order valence-electron chi connectivity index (χ1n) is 6.33. The fourth-order valence-electron chi connectivity index (χ4n) is 2.58. The molecule has 2 heterocycles. The van der Waals surface area contributed by atoms with Crippen molar-refractivity contribution in [3.63, 3.8) is 0 Å². The molecule has 0 bridgehead atoms. The third-order valence-corrected chi connectivity index (χ3v) is 3.54. The molecule has 1 saturated heterocycles. The highest BCUT2D eigenvalue weighted by Gasteiger charge is 2.23. The third kappa shape index (κ3) is 2.52. The van der Waals surface area contributed by atoms with E-state index >= 15 is 0 Å². The van der Waals surface area contributed by atoms with E-state index in [4.69, 9.17) is 5.73 Å². The largest absolute Gasteiger partial charge is 0.397 e. The van der Waals surface area contributed by atoms with Gasteiger partial charge in [-0.3, -0.25) is 4.90 Å². The van der Waals surface area contributed by atoms with Crippen molar-refractivity contribution in [1.82, 2.24) is 9.88 Å². The van der Waals surface area contributed by atoms with Crippen LogP contribution < -0.4 is 10.6 Å². The lowest BCUT2D eigenvalue weighted by Crippen LogP contribution is -2.52. The van der Waals surface area contributed by atoms with Crippen LogP contribution in [0.2, 0.25) is 0 Å². The van der Waals surface area contributed by atoms with Crippen LogP contribution >= 0.6 is 0 Å². The van der Waals surface area contributed by atoms with Gasteiger partial charge in [-0.15, -0.1) is 0 Å². The van der Waals surface area contributed by atoms with Crippen LogP contribution in [0, 0.1) is 6.92 Å². The van der Waals surface area contributed by atoms with Crippen molar-refractivity contribution in [2.75, 3.05) is 36.8 Å². The smallest absolute Gasteiger partial charge is 0.131 e. The second-order valence-electron chi connectivity index (χ2n) is 4.83. The summed E-state index contributed by atoms with van der Waals surface area (Å²) < 4.78 is 0. The van der Waals surface area contributed by atoms with Gasteiger partial charge >= 0.3 is 0 Å². The van der Waals surface area contributed by atoms with Gasteiger partial charge in [-0.1, -0.05) is 6.92 Å². The summed E-state index contributed by atoms with van der Waals surface area (Å²) in [6.45, 7) is 10.9. The van der Waals surface area contributed by atoms with Gasteiger partial charge in [-0.2, -0.15) is 0 Å².